The number of nitrogens with one attached hydrogen (secondary N) is 2. The zero-order valence-electron chi connectivity index (χ0n) is 8.06. The Kier molecular flexibility index (Phi) is 3.39. The van der Waals surface area contributed by atoms with E-state index < -0.39 is 0 Å². The van der Waals surface area contributed by atoms with E-state index in [0.29, 0.717) is 11.3 Å². The minimum Gasteiger partial charge on any atom is -0.380 e. The summed E-state index contributed by atoms with van der Waals surface area (Å²) >= 11 is 1.69. The van der Waals surface area contributed by atoms with Crippen molar-refractivity contribution in [3.8, 4) is 0 Å². The van der Waals surface area contributed by atoms with Crippen molar-refractivity contribution in [1.82, 2.24) is 20.5 Å². The predicted molar refractivity (Wildman–Crippen MR) is 54.3 cm³/mol. The van der Waals surface area contributed by atoms with Gasteiger partial charge in [0.25, 0.3) is 0 Å². The third-order valence-electron chi connectivity index (χ3n) is 2.33. The topological polar surface area (TPSA) is 62.8 Å². The van der Waals surface area contributed by atoms with Crippen LogP contribution in [0.3, 0.4) is 0 Å². The number of thioether (sulfide) groups is 1. The summed E-state index contributed by atoms with van der Waals surface area (Å²) in [5, 5.41) is 11.3. The molecular formula is C8H14N4OS. The maximum atomic E-state index is 5.44. The fourth-order valence-electron chi connectivity index (χ4n) is 1.55. The average Bonchev–Trinajstić information content (AvgIpc) is 2.71. The summed E-state index contributed by atoms with van der Waals surface area (Å²) in [5.74, 6) is 0. The maximum absolute atomic E-state index is 5.44. The highest BCUT2D eigenvalue weighted by atomic mass is 32.2. The Morgan fingerprint density at radius 2 is 2.64 bits per heavy atom. The summed E-state index contributed by atoms with van der Waals surface area (Å²) in [7, 11) is 1.99. The van der Waals surface area contributed by atoms with Crippen molar-refractivity contribution in [3.05, 3.63) is 6.33 Å². The van der Waals surface area contributed by atoms with Gasteiger partial charge in [-0.3, -0.25) is 5.10 Å². The van der Waals surface area contributed by atoms with Crippen LogP contribution in [0.5, 0.6) is 0 Å². The number of rotatable bonds is 3. The Morgan fingerprint density at radius 3 is 3.36 bits per heavy atom. The van der Waals surface area contributed by atoms with Crippen LogP contribution in [-0.4, -0.2) is 46.7 Å². The molecule has 78 valence electrons. The van der Waals surface area contributed by atoms with Crippen LogP contribution in [0.4, 0.5) is 0 Å². The van der Waals surface area contributed by atoms with Gasteiger partial charge in [0.05, 0.1) is 11.9 Å². The maximum Gasteiger partial charge on any atom is 0.183 e. The van der Waals surface area contributed by atoms with E-state index in [1.807, 2.05) is 7.05 Å². The van der Waals surface area contributed by atoms with Crippen LogP contribution in [0.2, 0.25) is 0 Å². The second-order valence-corrected chi connectivity index (χ2v) is 4.43. The van der Waals surface area contributed by atoms with E-state index in [-0.39, 0.29) is 0 Å². The lowest BCUT2D eigenvalue weighted by molar-refractivity contribution is 0.0850. The Labute approximate surface area is 87.0 Å². The average molecular weight is 214 g/mol. The van der Waals surface area contributed by atoms with E-state index in [1.54, 1.807) is 11.8 Å². The molecule has 1 aromatic heterocycles. The molecule has 1 aromatic rings. The molecule has 2 atom stereocenters. The fourth-order valence-corrected chi connectivity index (χ4v) is 2.65. The summed E-state index contributed by atoms with van der Waals surface area (Å²) in [6.07, 6.45) is 2.59. The molecule has 2 heterocycles. The highest BCUT2D eigenvalue weighted by Gasteiger charge is 2.25. The van der Waals surface area contributed by atoms with Gasteiger partial charge in [0.2, 0.25) is 0 Å². The van der Waals surface area contributed by atoms with E-state index in [1.165, 1.54) is 6.33 Å². The lowest BCUT2D eigenvalue weighted by Crippen LogP contribution is -2.43. The van der Waals surface area contributed by atoms with Gasteiger partial charge in [-0.05, 0) is 13.5 Å². The molecule has 0 aliphatic carbocycles. The van der Waals surface area contributed by atoms with Crippen LogP contribution >= 0.6 is 11.8 Å². The predicted octanol–water partition coefficient (Wildman–Crippen LogP) is 0.274. The van der Waals surface area contributed by atoms with Crippen LogP contribution in [0.25, 0.3) is 0 Å². The van der Waals surface area contributed by atoms with Gasteiger partial charge < -0.3 is 10.1 Å². The molecule has 2 unspecified atom stereocenters. The van der Waals surface area contributed by atoms with E-state index in [2.05, 4.69) is 20.5 Å². The first kappa shape index (κ1) is 9.95. The number of aromatic nitrogens is 3. The molecule has 1 fully saturated rings. The van der Waals surface area contributed by atoms with Crippen molar-refractivity contribution in [2.45, 2.75) is 22.9 Å². The molecule has 1 saturated heterocycles. The first-order chi connectivity index (χ1) is 6.90. The van der Waals surface area contributed by atoms with Gasteiger partial charge in [-0.15, -0.1) is 0 Å². The molecule has 6 heteroatoms. The SMILES string of the molecule is CNC1CCOCC1Sc1ncn[nH]1. The molecule has 0 aromatic carbocycles. The molecule has 1 aliphatic heterocycles. The van der Waals surface area contributed by atoms with Gasteiger partial charge in [-0.25, -0.2) is 4.98 Å². The smallest absolute Gasteiger partial charge is 0.183 e. The van der Waals surface area contributed by atoms with Crippen molar-refractivity contribution in [2.75, 3.05) is 20.3 Å². The van der Waals surface area contributed by atoms with Crippen molar-refractivity contribution in [1.29, 1.82) is 0 Å². The molecule has 0 amide bonds. The fraction of sp³-hybridized carbons (Fsp3) is 0.750. The normalized spacial score (nSPS) is 27.8. The zero-order valence-corrected chi connectivity index (χ0v) is 8.88. The summed E-state index contributed by atoms with van der Waals surface area (Å²) in [6, 6.07) is 0.499. The third kappa shape index (κ3) is 2.26. The summed E-state index contributed by atoms with van der Waals surface area (Å²) in [5.41, 5.74) is 0. The quantitative estimate of drug-likeness (QED) is 0.756. The molecule has 0 saturated carbocycles. The highest BCUT2D eigenvalue weighted by Crippen LogP contribution is 2.25. The van der Waals surface area contributed by atoms with Crippen molar-refractivity contribution in [2.24, 2.45) is 0 Å². The Bertz CT molecular complexity index is 266. The van der Waals surface area contributed by atoms with Crippen LogP contribution in [0.1, 0.15) is 6.42 Å². The van der Waals surface area contributed by atoms with E-state index in [9.17, 15) is 0 Å². The summed E-state index contributed by atoms with van der Waals surface area (Å²) in [6.45, 7) is 1.62. The largest absolute Gasteiger partial charge is 0.380 e. The minimum absolute atomic E-state index is 0.418. The molecule has 1 aliphatic rings. The second kappa shape index (κ2) is 4.77. The number of aromatic amines is 1. The van der Waals surface area contributed by atoms with Crippen molar-refractivity contribution >= 4 is 11.8 Å². The number of H-pyrrole nitrogens is 1. The lowest BCUT2D eigenvalue weighted by atomic mass is 10.1. The monoisotopic (exact) mass is 214 g/mol. The lowest BCUT2D eigenvalue weighted by Gasteiger charge is -2.29. The number of hydrogen-bond donors (Lipinski definition) is 2. The molecule has 2 N–H and O–H groups in total. The van der Waals surface area contributed by atoms with Gasteiger partial charge >= 0.3 is 0 Å². The van der Waals surface area contributed by atoms with Crippen LogP contribution in [0, 0.1) is 0 Å². The molecule has 0 bridgehead atoms. The van der Waals surface area contributed by atoms with Crippen LogP contribution < -0.4 is 5.32 Å². The molecule has 0 radical (unpaired) electrons. The van der Waals surface area contributed by atoms with Gasteiger partial charge in [0.1, 0.15) is 6.33 Å². The Balaban J connectivity index is 1.94. The number of nitrogens with zero attached hydrogens (tertiary/aromatic N) is 2. The molecular weight excluding hydrogens is 200 g/mol. The van der Waals surface area contributed by atoms with E-state index in [0.717, 1.165) is 24.8 Å². The van der Waals surface area contributed by atoms with Gasteiger partial charge in [-0.1, -0.05) is 11.8 Å². The Morgan fingerprint density at radius 1 is 1.71 bits per heavy atom. The molecule has 5 nitrogen and oxygen atoms in total. The van der Waals surface area contributed by atoms with Gasteiger partial charge in [0.15, 0.2) is 5.16 Å². The molecule has 2 rings (SSSR count). The van der Waals surface area contributed by atoms with Gasteiger partial charge in [-0.2, -0.15) is 5.10 Å². The second-order valence-electron chi connectivity index (χ2n) is 3.21. The van der Waals surface area contributed by atoms with Crippen molar-refractivity contribution in [3.63, 3.8) is 0 Å². The van der Waals surface area contributed by atoms with E-state index >= 15 is 0 Å². The highest BCUT2D eigenvalue weighted by molar-refractivity contribution is 7.99. The van der Waals surface area contributed by atoms with E-state index in [4.69, 9.17) is 4.74 Å². The number of ether oxygens (including phenoxy) is 1. The third-order valence-corrected chi connectivity index (χ3v) is 3.52. The zero-order chi connectivity index (χ0) is 9.80. The number of hydrogen-bond acceptors (Lipinski definition) is 5. The Hall–Kier alpha value is -0.590. The van der Waals surface area contributed by atoms with Crippen molar-refractivity contribution < 1.29 is 4.74 Å². The minimum atomic E-state index is 0.418. The summed E-state index contributed by atoms with van der Waals surface area (Å²) in [4.78, 5) is 4.09. The molecule has 14 heavy (non-hydrogen) atoms. The molecule has 0 spiro atoms. The standard InChI is InChI=1S/C8H14N4OS/c1-9-6-2-3-13-4-7(6)14-8-10-5-11-12-8/h5-7,9H,2-4H2,1H3,(H,10,11,12). The van der Waals surface area contributed by atoms with Gasteiger partial charge in [0, 0.05) is 12.6 Å². The van der Waals surface area contributed by atoms with Crippen LogP contribution in [-0.2, 0) is 4.74 Å². The first-order valence-corrected chi connectivity index (χ1v) is 5.55. The summed E-state index contributed by atoms with van der Waals surface area (Å²) < 4.78 is 5.44. The first-order valence-electron chi connectivity index (χ1n) is 4.67. The van der Waals surface area contributed by atoms with Crippen LogP contribution in [0.15, 0.2) is 11.5 Å².